The van der Waals surface area contributed by atoms with Crippen molar-refractivity contribution in [1.29, 1.82) is 0 Å². The first-order valence-corrected chi connectivity index (χ1v) is 14.0. The molecule has 2 nitrogen and oxygen atoms in total. The monoisotopic (exact) mass is 360 g/mol. The third-order valence-corrected chi connectivity index (χ3v) is 9.29. The minimum absolute atomic E-state index is 0.311. The molecular weight excluding hydrogens is 324 g/mol. The van der Waals surface area contributed by atoms with Gasteiger partial charge in [-0.2, -0.15) is 0 Å². The molecule has 0 radical (unpaired) electrons. The SMILES string of the molecule is C[C@]12CCC(=O)C=C1CC[C@H]1[C@@H]3CCC[C@@]3(CO[Si](C)(C)C)CC[C@@H]12. The highest BCUT2D eigenvalue weighted by Gasteiger charge is 2.57. The van der Waals surface area contributed by atoms with E-state index in [0.717, 1.165) is 37.2 Å². The van der Waals surface area contributed by atoms with Crippen molar-refractivity contribution in [3.05, 3.63) is 11.6 Å². The molecule has 4 rings (SSSR count). The lowest BCUT2D eigenvalue weighted by atomic mass is 9.47. The molecule has 0 aromatic rings. The van der Waals surface area contributed by atoms with Crippen LogP contribution in [-0.2, 0) is 9.22 Å². The van der Waals surface area contributed by atoms with Crippen molar-refractivity contribution in [2.75, 3.05) is 6.61 Å². The number of hydrogen-bond donors (Lipinski definition) is 0. The van der Waals surface area contributed by atoms with Gasteiger partial charge in [0.1, 0.15) is 0 Å². The molecule has 3 heteroatoms. The molecule has 3 saturated carbocycles. The Hall–Kier alpha value is -0.413. The maximum atomic E-state index is 11.9. The Bertz CT molecular complexity index is 589. The Morgan fingerprint density at radius 1 is 1.08 bits per heavy atom. The summed E-state index contributed by atoms with van der Waals surface area (Å²) in [5.74, 6) is 2.93. The van der Waals surface area contributed by atoms with Crippen LogP contribution in [0.2, 0.25) is 19.6 Å². The van der Waals surface area contributed by atoms with Gasteiger partial charge < -0.3 is 4.43 Å². The van der Waals surface area contributed by atoms with Crippen LogP contribution in [0.1, 0.15) is 64.7 Å². The molecule has 3 fully saturated rings. The first kappa shape index (κ1) is 18.0. The van der Waals surface area contributed by atoms with E-state index in [9.17, 15) is 4.79 Å². The molecule has 0 aliphatic heterocycles. The van der Waals surface area contributed by atoms with Crippen LogP contribution < -0.4 is 0 Å². The second-order valence-electron chi connectivity index (χ2n) is 10.7. The van der Waals surface area contributed by atoms with Gasteiger partial charge in [0.2, 0.25) is 0 Å². The number of carbonyl (C=O) groups excluding carboxylic acids is 1. The van der Waals surface area contributed by atoms with Crippen LogP contribution in [0.15, 0.2) is 11.6 Å². The highest BCUT2D eigenvalue weighted by atomic mass is 28.4. The van der Waals surface area contributed by atoms with Crippen molar-refractivity contribution in [3.8, 4) is 0 Å². The molecule has 0 spiro atoms. The van der Waals surface area contributed by atoms with Crippen LogP contribution in [-0.4, -0.2) is 20.7 Å². The first-order chi connectivity index (χ1) is 11.7. The predicted octanol–water partition coefficient (Wildman–Crippen LogP) is 5.74. The van der Waals surface area contributed by atoms with Crippen molar-refractivity contribution >= 4 is 14.1 Å². The maximum absolute atomic E-state index is 11.9. The third-order valence-electron chi connectivity index (χ3n) is 8.28. The summed E-state index contributed by atoms with van der Waals surface area (Å²) in [6, 6.07) is 0. The van der Waals surface area contributed by atoms with Gasteiger partial charge in [0.25, 0.3) is 0 Å². The predicted molar refractivity (Wildman–Crippen MR) is 105 cm³/mol. The van der Waals surface area contributed by atoms with E-state index < -0.39 is 8.32 Å². The zero-order chi connectivity index (χ0) is 17.9. The minimum Gasteiger partial charge on any atom is -0.417 e. The van der Waals surface area contributed by atoms with E-state index in [1.165, 1.54) is 50.5 Å². The zero-order valence-electron chi connectivity index (χ0n) is 16.7. The number of rotatable bonds is 3. The van der Waals surface area contributed by atoms with E-state index in [1.807, 2.05) is 6.08 Å². The van der Waals surface area contributed by atoms with Crippen LogP contribution in [0.3, 0.4) is 0 Å². The molecule has 140 valence electrons. The lowest BCUT2D eigenvalue weighted by Gasteiger charge is -2.58. The summed E-state index contributed by atoms with van der Waals surface area (Å²) in [5, 5.41) is 0. The lowest BCUT2D eigenvalue weighted by molar-refractivity contribution is -0.117. The fourth-order valence-corrected chi connectivity index (χ4v) is 7.69. The van der Waals surface area contributed by atoms with Crippen molar-refractivity contribution in [2.24, 2.45) is 28.6 Å². The topological polar surface area (TPSA) is 26.3 Å². The average molecular weight is 361 g/mol. The molecule has 4 aliphatic rings. The van der Waals surface area contributed by atoms with Crippen LogP contribution in [0.4, 0.5) is 0 Å². The molecule has 0 heterocycles. The van der Waals surface area contributed by atoms with Crippen molar-refractivity contribution in [2.45, 2.75) is 84.4 Å². The number of fused-ring (bicyclic) bond motifs is 5. The molecule has 0 aromatic heterocycles. The number of hydrogen-bond acceptors (Lipinski definition) is 2. The van der Waals surface area contributed by atoms with E-state index in [4.69, 9.17) is 4.43 Å². The highest BCUT2D eigenvalue weighted by Crippen LogP contribution is 2.65. The average Bonchev–Trinajstić information content (AvgIpc) is 2.98. The molecule has 4 aliphatic carbocycles. The van der Waals surface area contributed by atoms with Crippen molar-refractivity contribution < 1.29 is 9.22 Å². The fraction of sp³-hybridized carbons (Fsp3) is 0.864. The van der Waals surface area contributed by atoms with E-state index >= 15 is 0 Å². The first-order valence-electron chi connectivity index (χ1n) is 10.6. The van der Waals surface area contributed by atoms with Gasteiger partial charge in [0.05, 0.1) is 0 Å². The standard InChI is InChI=1S/C22H36O2Si/c1-21-12-9-17(23)14-16(21)7-8-18-19(21)10-13-22(11-5-6-20(18)22)15-24-25(2,3)4/h14,18-20H,5-13,15H2,1-4H3/t18-,19+,20+,21+,22+/m1/s1. The van der Waals surface area contributed by atoms with Crippen LogP contribution in [0, 0.1) is 28.6 Å². The Labute approximate surface area is 154 Å². The summed E-state index contributed by atoms with van der Waals surface area (Å²) >= 11 is 0. The van der Waals surface area contributed by atoms with Crippen LogP contribution in [0.25, 0.3) is 0 Å². The summed E-state index contributed by atoms with van der Waals surface area (Å²) < 4.78 is 6.48. The largest absolute Gasteiger partial charge is 0.417 e. The zero-order valence-corrected chi connectivity index (χ0v) is 17.7. The molecule has 5 atom stereocenters. The van der Waals surface area contributed by atoms with Gasteiger partial charge in [-0.1, -0.05) is 18.9 Å². The molecule has 0 N–H and O–H groups in total. The maximum Gasteiger partial charge on any atom is 0.183 e. The van der Waals surface area contributed by atoms with E-state index in [2.05, 4.69) is 26.6 Å². The van der Waals surface area contributed by atoms with Gasteiger partial charge in [-0.15, -0.1) is 0 Å². The van der Waals surface area contributed by atoms with Gasteiger partial charge in [-0.25, -0.2) is 0 Å². The summed E-state index contributed by atoms with van der Waals surface area (Å²) in [6.45, 7) is 10.5. The van der Waals surface area contributed by atoms with Crippen LogP contribution in [0.5, 0.6) is 0 Å². The van der Waals surface area contributed by atoms with Gasteiger partial charge in [0, 0.05) is 13.0 Å². The molecule has 25 heavy (non-hydrogen) atoms. The second-order valence-corrected chi connectivity index (χ2v) is 15.2. The van der Waals surface area contributed by atoms with E-state index in [-0.39, 0.29) is 0 Å². The number of carbonyl (C=O) groups is 1. The minimum atomic E-state index is -1.45. The Kier molecular flexibility index (Phi) is 4.35. The van der Waals surface area contributed by atoms with Crippen LogP contribution >= 0.6 is 0 Å². The Morgan fingerprint density at radius 3 is 2.64 bits per heavy atom. The van der Waals surface area contributed by atoms with Gasteiger partial charge >= 0.3 is 0 Å². The molecule has 0 saturated heterocycles. The van der Waals surface area contributed by atoms with Gasteiger partial charge in [-0.3, -0.25) is 4.79 Å². The summed E-state index contributed by atoms with van der Waals surface area (Å²) in [4.78, 5) is 11.9. The Morgan fingerprint density at radius 2 is 1.88 bits per heavy atom. The van der Waals surface area contributed by atoms with Crippen molar-refractivity contribution in [3.63, 3.8) is 0 Å². The molecule has 0 aromatic carbocycles. The highest BCUT2D eigenvalue weighted by molar-refractivity contribution is 6.69. The van der Waals surface area contributed by atoms with Crippen molar-refractivity contribution in [1.82, 2.24) is 0 Å². The normalized spacial score (nSPS) is 43.9. The van der Waals surface area contributed by atoms with E-state index in [1.54, 1.807) is 0 Å². The van der Waals surface area contributed by atoms with E-state index in [0.29, 0.717) is 16.6 Å². The summed E-state index contributed by atoms with van der Waals surface area (Å²) in [6.07, 6.45) is 13.3. The second kappa shape index (κ2) is 6.05. The number of ketones is 1. The summed E-state index contributed by atoms with van der Waals surface area (Å²) in [7, 11) is -1.45. The summed E-state index contributed by atoms with van der Waals surface area (Å²) in [5.41, 5.74) is 2.28. The quantitative estimate of drug-likeness (QED) is 0.600. The smallest absolute Gasteiger partial charge is 0.183 e. The molecule has 0 unspecified atom stereocenters. The molecule has 0 bridgehead atoms. The number of allylic oxidation sites excluding steroid dienone is 1. The molecule has 0 amide bonds. The third kappa shape index (κ3) is 2.99. The molecular formula is C22H36O2Si. The lowest BCUT2D eigenvalue weighted by Crippen LogP contribution is -2.51. The van der Waals surface area contributed by atoms with Gasteiger partial charge in [0.15, 0.2) is 14.1 Å². The fourth-order valence-electron chi connectivity index (χ4n) is 6.96. The van der Waals surface area contributed by atoms with Gasteiger partial charge in [-0.05, 0) is 99.2 Å². The Balaban J connectivity index is 1.59.